The smallest absolute Gasteiger partial charge is 0.220 e. The number of nitrogens with one attached hydrogen (secondary N) is 1. The Morgan fingerprint density at radius 3 is 2.67 bits per heavy atom. The number of amides is 1. The van der Waals surface area contributed by atoms with E-state index in [9.17, 15) is 4.79 Å². The second kappa shape index (κ2) is 8.86. The van der Waals surface area contributed by atoms with Gasteiger partial charge in [0.2, 0.25) is 5.91 Å². The molecule has 4 nitrogen and oxygen atoms in total. The summed E-state index contributed by atoms with van der Waals surface area (Å²) in [5.74, 6) is 0.652. The number of nitrogen functional groups attached to an aromatic ring is 1. The number of nitrogens with zero attached hydrogens (tertiary/aromatic N) is 1. The van der Waals surface area contributed by atoms with Gasteiger partial charge in [-0.1, -0.05) is 56.5 Å². The number of aromatic nitrogens is 1. The fourth-order valence-corrected chi connectivity index (χ4v) is 4.59. The maximum atomic E-state index is 12.6. The largest absolute Gasteiger partial charge is 0.383 e. The first-order valence-electron chi connectivity index (χ1n) is 11.1. The quantitative estimate of drug-likeness (QED) is 0.573. The second-order valence-corrected chi connectivity index (χ2v) is 8.69. The van der Waals surface area contributed by atoms with Crippen molar-refractivity contribution in [1.29, 1.82) is 0 Å². The zero-order chi connectivity index (χ0) is 21.1. The molecule has 1 aromatic heterocycles. The highest BCUT2D eigenvalue weighted by Crippen LogP contribution is 2.31. The first-order chi connectivity index (χ1) is 14.5. The third-order valence-electron chi connectivity index (χ3n) is 6.32. The highest BCUT2D eigenvalue weighted by atomic mass is 16.1. The lowest BCUT2D eigenvalue weighted by Crippen LogP contribution is -2.36. The van der Waals surface area contributed by atoms with Gasteiger partial charge in [-0.3, -0.25) is 4.79 Å². The van der Waals surface area contributed by atoms with E-state index in [0.29, 0.717) is 18.3 Å². The van der Waals surface area contributed by atoms with Crippen molar-refractivity contribution in [2.75, 3.05) is 5.73 Å². The van der Waals surface area contributed by atoms with Crippen LogP contribution >= 0.6 is 0 Å². The van der Waals surface area contributed by atoms with Gasteiger partial charge in [0.15, 0.2) is 0 Å². The van der Waals surface area contributed by atoms with E-state index in [1.54, 1.807) is 0 Å². The Kier molecular flexibility index (Phi) is 6.03. The van der Waals surface area contributed by atoms with Crippen LogP contribution < -0.4 is 11.1 Å². The molecule has 1 atom stereocenters. The number of aryl methyl sites for hydroxylation is 1. The Morgan fingerprint density at radius 2 is 1.90 bits per heavy atom. The Bertz CT molecular complexity index is 1050. The van der Waals surface area contributed by atoms with Crippen molar-refractivity contribution in [1.82, 2.24) is 10.3 Å². The summed E-state index contributed by atoms with van der Waals surface area (Å²) >= 11 is 0. The van der Waals surface area contributed by atoms with Crippen molar-refractivity contribution >= 4 is 22.6 Å². The molecule has 1 aliphatic rings. The number of fused-ring (bicyclic) bond motifs is 1. The van der Waals surface area contributed by atoms with Gasteiger partial charge >= 0.3 is 0 Å². The van der Waals surface area contributed by atoms with Gasteiger partial charge < -0.3 is 11.1 Å². The first-order valence-corrected chi connectivity index (χ1v) is 11.1. The Hall–Kier alpha value is -2.88. The molecule has 156 valence electrons. The molecule has 0 bridgehead atoms. The van der Waals surface area contributed by atoms with Gasteiger partial charge in [-0.2, -0.15) is 0 Å². The van der Waals surface area contributed by atoms with E-state index < -0.39 is 0 Å². The average Bonchev–Trinajstić information content (AvgIpc) is 2.74. The SMILES string of the molecule is Cc1ccccc1-c1ccc2nc(N)c(C(C)CC(=O)NC3CCCCC3)cc2c1. The molecular formula is C26H31N3O. The van der Waals surface area contributed by atoms with Crippen molar-refractivity contribution in [3.8, 4) is 11.1 Å². The van der Waals surface area contributed by atoms with Crippen LogP contribution in [0.3, 0.4) is 0 Å². The van der Waals surface area contributed by atoms with E-state index in [1.807, 2.05) is 6.07 Å². The van der Waals surface area contributed by atoms with Gasteiger partial charge in [0.05, 0.1) is 5.52 Å². The fraction of sp³-hybridized carbons (Fsp3) is 0.385. The number of rotatable bonds is 5. The third-order valence-corrected chi connectivity index (χ3v) is 6.32. The molecule has 1 aliphatic carbocycles. The summed E-state index contributed by atoms with van der Waals surface area (Å²) in [6.07, 6.45) is 6.34. The zero-order valence-corrected chi connectivity index (χ0v) is 17.9. The standard InChI is InChI=1S/C26H31N3O/c1-17-8-6-7-11-22(17)19-12-13-24-20(15-19)16-23(26(27)29-24)18(2)14-25(30)28-21-9-4-3-5-10-21/h6-8,11-13,15-16,18,21H,3-5,9-10,14H2,1-2H3,(H2,27,29)(H,28,30). The monoisotopic (exact) mass is 401 g/mol. The number of benzene rings is 2. The van der Waals surface area contributed by atoms with E-state index in [2.05, 4.69) is 66.6 Å². The molecule has 0 spiro atoms. The molecule has 2 aromatic carbocycles. The minimum Gasteiger partial charge on any atom is -0.383 e. The van der Waals surface area contributed by atoms with E-state index >= 15 is 0 Å². The van der Waals surface area contributed by atoms with Crippen molar-refractivity contribution in [2.45, 2.75) is 64.3 Å². The summed E-state index contributed by atoms with van der Waals surface area (Å²) in [6, 6.07) is 17.1. The predicted molar refractivity (Wildman–Crippen MR) is 124 cm³/mol. The van der Waals surface area contributed by atoms with E-state index in [1.165, 1.54) is 36.0 Å². The van der Waals surface area contributed by atoms with Crippen molar-refractivity contribution in [3.05, 3.63) is 59.7 Å². The lowest BCUT2D eigenvalue weighted by Gasteiger charge is -2.23. The van der Waals surface area contributed by atoms with Crippen LogP contribution in [0.15, 0.2) is 48.5 Å². The summed E-state index contributed by atoms with van der Waals surface area (Å²) in [4.78, 5) is 17.2. The number of carbonyl (C=O) groups is 1. The Labute approximate surface area is 178 Å². The van der Waals surface area contributed by atoms with Crippen molar-refractivity contribution in [2.24, 2.45) is 0 Å². The van der Waals surface area contributed by atoms with E-state index in [0.717, 1.165) is 29.3 Å². The van der Waals surface area contributed by atoms with Crippen LogP contribution in [0.5, 0.6) is 0 Å². The fourth-order valence-electron chi connectivity index (χ4n) is 4.59. The molecule has 1 unspecified atom stereocenters. The maximum absolute atomic E-state index is 12.6. The molecule has 3 N–H and O–H groups in total. The highest BCUT2D eigenvalue weighted by molar-refractivity contribution is 5.87. The van der Waals surface area contributed by atoms with Gasteiger partial charge in [-0.05, 0) is 66.1 Å². The molecule has 0 aliphatic heterocycles. The van der Waals surface area contributed by atoms with Crippen LogP contribution in [0.2, 0.25) is 0 Å². The van der Waals surface area contributed by atoms with Gasteiger partial charge in [0.1, 0.15) is 5.82 Å². The van der Waals surface area contributed by atoms with Crippen LogP contribution in [-0.4, -0.2) is 16.9 Å². The molecule has 3 aromatic rings. The first kappa shape index (κ1) is 20.4. The minimum absolute atomic E-state index is 0.0209. The van der Waals surface area contributed by atoms with Crippen LogP contribution in [-0.2, 0) is 4.79 Å². The molecule has 4 heteroatoms. The molecule has 1 amide bonds. The lowest BCUT2D eigenvalue weighted by molar-refractivity contribution is -0.122. The molecule has 30 heavy (non-hydrogen) atoms. The lowest BCUT2D eigenvalue weighted by atomic mass is 9.93. The van der Waals surface area contributed by atoms with E-state index in [-0.39, 0.29) is 11.8 Å². The number of carbonyl (C=O) groups excluding carboxylic acids is 1. The maximum Gasteiger partial charge on any atom is 0.220 e. The van der Waals surface area contributed by atoms with Gasteiger partial charge in [0.25, 0.3) is 0 Å². The number of pyridine rings is 1. The molecular weight excluding hydrogens is 370 g/mol. The third kappa shape index (κ3) is 4.48. The topological polar surface area (TPSA) is 68.0 Å². The molecule has 1 heterocycles. The van der Waals surface area contributed by atoms with Gasteiger partial charge in [-0.15, -0.1) is 0 Å². The zero-order valence-electron chi connectivity index (χ0n) is 17.9. The van der Waals surface area contributed by atoms with Crippen LogP contribution in [0, 0.1) is 6.92 Å². The number of nitrogens with two attached hydrogens (primary N) is 1. The molecule has 1 fully saturated rings. The number of hydrogen-bond acceptors (Lipinski definition) is 3. The summed E-state index contributed by atoms with van der Waals surface area (Å²) < 4.78 is 0. The molecule has 4 rings (SSSR count). The van der Waals surface area contributed by atoms with Gasteiger partial charge in [0, 0.05) is 17.8 Å². The van der Waals surface area contributed by atoms with Crippen LogP contribution in [0.4, 0.5) is 5.82 Å². The number of hydrogen-bond donors (Lipinski definition) is 2. The second-order valence-electron chi connectivity index (χ2n) is 8.69. The minimum atomic E-state index is 0.0209. The average molecular weight is 402 g/mol. The van der Waals surface area contributed by atoms with Crippen molar-refractivity contribution in [3.63, 3.8) is 0 Å². The molecule has 0 saturated heterocycles. The van der Waals surface area contributed by atoms with Crippen LogP contribution in [0.1, 0.15) is 62.5 Å². The van der Waals surface area contributed by atoms with Crippen LogP contribution in [0.25, 0.3) is 22.0 Å². The predicted octanol–water partition coefficient (Wildman–Crippen LogP) is 5.73. The van der Waals surface area contributed by atoms with E-state index in [4.69, 9.17) is 5.73 Å². The normalized spacial score (nSPS) is 15.8. The summed E-state index contributed by atoms with van der Waals surface area (Å²) in [5.41, 5.74) is 11.7. The van der Waals surface area contributed by atoms with Crippen molar-refractivity contribution < 1.29 is 4.79 Å². The molecule has 1 saturated carbocycles. The number of anilines is 1. The molecule has 0 radical (unpaired) electrons. The summed E-state index contributed by atoms with van der Waals surface area (Å²) in [5, 5.41) is 4.27. The van der Waals surface area contributed by atoms with Gasteiger partial charge in [-0.25, -0.2) is 4.98 Å². The Morgan fingerprint density at radius 1 is 1.13 bits per heavy atom. The summed E-state index contributed by atoms with van der Waals surface area (Å²) in [7, 11) is 0. The highest BCUT2D eigenvalue weighted by Gasteiger charge is 2.19. The Balaban J connectivity index is 1.56. The summed E-state index contributed by atoms with van der Waals surface area (Å²) in [6.45, 7) is 4.18.